The molecule has 194 valence electrons. The fourth-order valence-electron chi connectivity index (χ4n) is 4.31. The molecule has 3 N–H and O–H groups in total. The highest BCUT2D eigenvalue weighted by Gasteiger charge is 2.18. The molecule has 0 saturated heterocycles. The molecule has 8 nitrogen and oxygen atoms in total. The van der Waals surface area contributed by atoms with Gasteiger partial charge >= 0.3 is 0 Å². The average molecular weight is 510 g/mol. The lowest BCUT2D eigenvalue weighted by Crippen LogP contribution is -2.37. The fourth-order valence-corrected chi connectivity index (χ4v) is 4.31. The Morgan fingerprint density at radius 1 is 1.16 bits per heavy atom. The largest absolute Gasteiger partial charge is 0.490 e. The van der Waals surface area contributed by atoms with Crippen LogP contribution in [0.15, 0.2) is 67.0 Å². The minimum absolute atomic E-state index is 0.0943. The van der Waals surface area contributed by atoms with Gasteiger partial charge in [0, 0.05) is 36.0 Å². The Morgan fingerprint density at radius 2 is 1.92 bits per heavy atom. The molecule has 2 amide bonds. The summed E-state index contributed by atoms with van der Waals surface area (Å²) in [6.45, 7) is 5.77. The summed E-state index contributed by atoms with van der Waals surface area (Å²) in [5.74, 6) is -0.322. The molecule has 2 aromatic carbocycles. The highest BCUT2D eigenvalue weighted by Crippen LogP contribution is 2.23. The topological polar surface area (TPSA) is 123 Å². The molecule has 0 saturated carbocycles. The first-order valence-corrected chi connectivity index (χ1v) is 12.6. The summed E-state index contributed by atoms with van der Waals surface area (Å²) < 4.78 is 7.66. The van der Waals surface area contributed by atoms with E-state index in [2.05, 4.69) is 11.4 Å². The zero-order valence-corrected chi connectivity index (χ0v) is 21.8. The third kappa shape index (κ3) is 6.37. The van der Waals surface area contributed by atoms with Gasteiger partial charge < -0.3 is 20.2 Å². The van der Waals surface area contributed by atoms with E-state index < -0.39 is 5.91 Å². The van der Waals surface area contributed by atoms with E-state index in [-0.39, 0.29) is 30.0 Å². The van der Waals surface area contributed by atoms with Gasteiger partial charge in [0.15, 0.2) is 0 Å². The van der Waals surface area contributed by atoms with E-state index >= 15 is 0 Å². The molecule has 0 aliphatic heterocycles. The first-order valence-electron chi connectivity index (χ1n) is 12.6. The molecule has 0 aliphatic rings. The number of nitrogens with zero attached hydrogens (tertiary/aromatic N) is 3. The van der Waals surface area contributed by atoms with E-state index in [0.717, 1.165) is 28.0 Å². The molecule has 0 bridgehead atoms. The van der Waals surface area contributed by atoms with Gasteiger partial charge in [0.25, 0.3) is 5.91 Å². The summed E-state index contributed by atoms with van der Waals surface area (Å²) in [5, 5.41) is 12.5. The molecule has 4 aromatic rings. The monoisotopic (exact) mass is 509 g/mol. The van der Waals surface area contributed by atoms with Crippen LogP contribution in [0.25, 0.3) is 16.9 Å². The van der Waals surface area contributed by atoms with Crippen molar-refractivity contribution in [3.8, 4) is 23.1 Å². The van der Waals surface area contributed by atoms with Gasteiger partial charge in [0.1, 0.15) is 17.5 Å². The number of pyridine rings is 1. The Hall–Kier alpha value is -4.64. The second-order valence-electron chi connectivity index (χ2n) is 9.61. The van der Waals surface area contributed by atoms with Crippen molar-refractivity contribution in [1.82, 2.24) is 14.7 Å². The number of carbonyl (C=O) groups excluding carboxylic acids is 2. The van der Waals surface area contributed by atoms with E-state index in [0.29, 0.717) is 24.2 Å². The van der Waals surface area contributed by atoms with Gasteiger partial charge in [-0.2, -0.15) is 5.26 Å². The van der Waals surface area contributed by atoms with Gasteiger partial charge in [0.2, 0.25) is 5.91 Å². The lowest BCUT2D eigenvalue weighted by Gasteiger charge is -2.19. The van der Waals surface area contributed by atoms with Gasteiger partial charge in [-0.25, -0.2) is 4.98 Å². The maximum absolute atomic E-state index is 13.1. The molecular formula is C30H31N5O3. The second kappa shape index (κ2) is 11.6. The standard InChI is InChI=1S/C30H31N5O3/c1-19(2)38-27-12-10-23(16-24(27)17-31)30(37)33-25(11-13-28(32)36)15-21-6-8-22(9-7-21)26-18-35-14-4-5-20(3)29(35)34-26/h4-10,12,14,16,18-19,25H,11,13,15H2,1-3H3,(H2,32,36)(H,33,37)/t25-/m1/s1. The molecule has 1 atom stereocenters. The summed E-state index contributed by atoms with van der Waals surface area (Å²) in [4.78, 5) is 29.3. The van der Waals surface area contributed by atoms with E-state index in [1.165, 1.54) is 6.07 Å². The first kappa shape index (κ1) is 26.4. The summed E-state index contributed by atoms with van der Waals surface area (Å²) in [7, 11) is 0. The Morgan fingerprint density at radius 3 is 2.58 bits per heavy atom. The van der Waals surface area contributed by atoms with Crippen LogP contribution in [0.1, 0.15) is 53.7 Å². The molecule has 4 rings (SSSR count). The van der Waals surface area contributed by atoms with E-state index in [4.69, 9.17) is 15.5 Å². The number of imidazole rings is 1. The van der Waals surface area contributed by atoms with Crippen molar-refractivity contribution in [2.24, 2.45) is 5.73 Å². The fraction of sp³-hybridized carbons (Fsp3) is 0.267. The number of primary amides is 1. The predicted molar refractivity (Wildman–Crippen MR) is 146 cm³/mol. The van der Waals surface area contributed by atoms with Gasteiger partial charge in [-0.15, -0.1) is 0 Å². The molecule has 38 heavy (non-hydrogen) atoms. The zero-order valence-electron chi connectivity index (χ0n) is 21.8. The summed E-state index contributed by atoms with van der Waals surface area (Å²) >= 11 is 0. The molecule has 8 heteroatoms. The number of nitriles is 1. The lowest BCUT2D eigenvalue weighted by atomic mass is 9.99. The molecule has 0 radical (unpaired) electrons. The van der Waals surface area contributed by atoms with E-state index in [1.54, 1.807) is 12.1 Å². The van der Waals surface area contributed by atoms with Crippen LogP contribution in [0.4, 0.5) is 0 Å². The maximum Gasteiger partial charge on any atom is 0.251 e. The van der Waals surface area contributed by atoms with Crippen molar-refractivity contribution >= 4 is 17.5 Å². The first-order chi connectivity index (χ1) is 18.2. The number of nitrogens with two attached hydrogens (primary N) is 1. The Kier molecular flexibility index (Phi) is 8.07. The minimum Gasteiger partial charge on any atom is -0.490 e. The molecule has 2 heterocycles. The summed E-state index contributed by atoms with van der Waals surface area (Å²) in [6.07, 6.45) is 4.94. The number of hydrogen-bond donors (Lipinski definition) is 2. The Bertz CT molecular complexity index is 1500. The highest BCUT2D eigenvalue weighted by molar-refractivity contribution is 5.95. The number of aromatic nitrogens is 2. The van der Waals surface area contributed by atoms with Gasteiger partial charge in [0.05, 0.1) is 17.4 Å². The Labute approximate surface area is 222 Å². The third-order valence-electron chi connectivity index (χ3n) is 6.21. The number of aryl methyl sites for hydroxylation is 1. The molecule has 0 unspecified atom stereocenters. The van der Waals surface area contributed by atoms with Crippen molar-refractivity contribution in [3.05, 3.63) is 89.2 Å². The predicted octanol–water partition coefficient (Wildman–Crippen LogP) is 4.58. The van der Waals surface area contributed by atoms with Crippen LogP contribution >= 0.6 is 0 Å². The van der Waals surface area contributed by atoms with Crippen molar-refractivity contribution in [2.75, 3.05) is 0 Å². The van der Waals surface area contributed by atoms with Crippen molar-refractivity contribution in [1.29, 1.82) is 5.26 Å². The van der Waals surface area contributed by atoms with E-state index in [9.17, 15) is 14.9 Å². The highest BCUT2D eigenvalue weighted by atomic mass is 16.5. The van der Waals surface area contributed by atoms with Crippen molar-refractivity contribution in [2.45, 2.75) is 52.2 Å². The third-order valence-corrected chi connectivity index (χ3v) is 6.21. The number of carbonyl (C=O) groups is 2. The van der Waals surface area contributed by atoms with Crippen LogP contribution in [0.2, 0.25) is 0 Å². The molecule has 0 fully saturated rings. The van der Waals surface area contributed by atoms with Crippen LogP contribution in [-0.4, -0.2) is 33.3 Å². The number of amides is 2. The number of hydrogen-bond acceptors (Lipinski definition) is 5. The van der Waals surface area contributed by atoms with Crippen LogP contribution < -0.4 is 15.8 Å². The molecule has 0 aliphatic carbocycles. The number of ether oxygens (including phenoxy) is 1. The minimum atomic E-state index is -0.427. The zero-order chi connectivity index (χ0) is 27.2. The SMILES string of the molecule is Cc1cccn2cc(-c3ccc(C[C@@H](CCC(N)=O)NC(=O)c4ccc(OC(C)C)c(C#N)c4)cc3)nc12. The number of rotatable bonds is 10. The quantitative estimate of drug-likeness (QED) is 0.324. The van der Waals surface area contributed by atoms with Crippen LogP contribution in [0, 0.1) is 18.3 Å². The lowest BCUT2D eigenvalue weighted by molar-refractivity contribution is -0.118. The number of nitrogens with one attached hydrogen (secondary N) is 1. The Balaban J connectivity index is 1.49. The van der Waals surface area contributed by atoms with Crippen molar-refractivity contribution < 1.29 is 14.3 Å². The number of benzene rings is 2. The van der Waals surface area contributed by atoms with Crippen LogP contribution in [-0.2, 0) is 11.2 Å². The van der Waals surface area contributed by atoms with Crippen LogP contribution in [0.5, 0.6) is 5.75 Å². The maximum atomic E-state index is 13.1. The summed E-state index contributed by atoms with van der Waals surface area (Å²) in [6, 6.07) is 18.6. The van der Waals surface area contributed by atoms with Gasteiger partial charge in [-0.1, -0.05) is 30.3 Å². The van der Waals surface area contributed by atoms with Crippen molar-refractivity contribution in [3.63, 3.8) is 0 Å². The average Bonchev–Trinajstić information content (AvgIpc) is 3.33. The smallest absolute Gasteiger partial charge is 0.251 e. The molecule has 0 spiro atoms. The van der Waals surface area contributed by atoms with Gasteiger partial charge in [-0.05, 0) is 69.0 Å². The number of fused-ring (bicyclic) bond motifs is 1. The molecular weight excluding hydrogens is 478 g/mol. The normalized spacial score (nSPS) is 11.8. The van der Waals surface area contributed by atoms with Gasteiger partial charge in [-0.3, -0.25) is 9.59 Å². The second-order valence-corrected chi connectivity index (χ2v) is 9.61. The summed E-state index contributed by atoms with van der Waals surface area (Å²) in [5.41, 5.74) is 10.9. The van der Waals surface area contributed by atoms with E-state index in [1.807, 2.05) is 74.0 Å². The molecule has 2 aromatic heterocycles. The van der Waals surface area contributed by atoms with Crippen LogP contribution in [0.3, 0.4) is 0 Å².